The second-order valence-electron chi connectivity index (χ2n) is 3.20. The zero-order valence-electron chi connectivity index (χ0n) is 7.63. The molecule has 0 amide bonds. The van der Waals surface area contributed by atoms with E-state index >= 15 is 0 Å². The van der Waals surface area contributed by atoms with Crippen LogP contribution in [0.3, 0.4) is 0 Å². The monoisotopic (exact) mass is 196 g/mol. The lowest BCUT2D eigenvalue weighted by molar-refractivity contribution is 0.212. The van der Waals surface area contributed by atoms with Gasteiger partial charge in [-0.2, -0.15) is 0 Å². The van der Waals surface area contributed by atoms with E-state index in [1.807, 2.05) is 31.2 Å². The van der Waals surface area contributed by atoms with E-state index in [2.05, 4.69) is 6.58 Å². The fourth-order valence-corrected chi connectivity index (χ4v) is 1.27. The molecule has 2 heteroatoms. The maximum atomic E-state index is 9.53. The van der Waals surface area contributed by atoms with Crippen molar-refractivity contribution in [1.29, 1.82) is 0 Å². The van der Waals surface area contributed by atoms with Crippen LogP contribution in [0, 0.1) is 0 Å². The molecular formula is C11H13ClO. The Kier molecular flexibility index (Phi) is 3.52. The van der Waals surface area contributed by atoms with Crippen molar-refractivity contribution in [2.75, 3.05) is 0 Å². The minimum absolute atomic E-state index is 0.474. The van der Waals surface area contributed by atoms with Gasteiger partial charge in [0.05, 0.1) is 6.10 Å². The van der Waals surface area contributed by atoms with Crippen LogP contribution in [0.1, 0.15) is 12.5 Å². The maximum absolute atomic E-state index is 9.53. The Bertz CT molecular complexity index is 307. The van der Waals surface area contributed by atoms with Gasteiger partial charge in [0, 0.05) is 11.4 Å². The first kappa shape index (κ1) is 10.3. The standard InChI is InChI=1S/C11H13ClO/c1-8(2)11(13)7-9-4-3-5-10(12)6-9/h3-6,11,13H,1,7H2,2H3. The van der Waals surface area contributed by atoms with E-state index in [4.69, 9.17) is 11.6 Å². The summed E-state index contributed by atoms with van der Waals surface area (Å²) in [6.45, 7) is 5.51. The highest BCUT2D eigenvalue weighted by atomic mass is 35.5. The normalized spacial score (nSPS) is 12.5. The molecule has 1 atom stereocenters. The van der Waals surface area contributed by atoms with Crippen molar-refractivity contribution in [1.82, 2.24) is 0 Å². The van der Waals surface area contributed by atoms with Crippen molar-refractivity contribution in [2.45, 2.75) is 19.4 Å². The Hall–Kier alpha value is -0.790. The van der Waals surface area contributed by atoms with E-state index in [0.29, 0.717) is 11.4 Å². The molecule has 1 nitrogen and oxygen atoms in total. The van der Waals surface area contributed by atoms with Crippen LogP contribution in [0.25, 0.3) is 0 Å². The van der Waals surface area contributed by atoms with Gasteiger partial charge in [-0.1, -0.05) is 35.9 Å². The molecule has 1 aromatic carbocycles. The van der Waals surface area contributed by atoms with Crippen molar-refractivity contribution in [2.24, 2.45) is 0 Å². The quantitative estimate of drug-likeness (QED) is 0.738. The summed E-state index contributed by atoms with van der Waals surface area (Å²) in [6.07, 6.45) is 0.106. The van der Waals surface area contributed by atoms with Crippen LogP contribution in [0.4, 0.5) is 0 Å². The van der Waals surface area contributed by atoms with E-state index in [1.54, 1.807) is 0 Å². The molecule has 1 N–H and O–H groups in total. The molecule has 0 saturated heterocycles. The molecule has 70 valence electrons. The zero-order chi connectivity index (χ0) is 9.84. The molecule has 0 spiro atoms. The summed E-state index contributed by atoms with van der Waals surface area (Å²) in [6, 6.07) is 7.49. The molecule has 0 aliphatic heterocycles. The summed E-state index contributed by atoms with van der Waals surface area (Å²) in [5.41, 5.74) is 1.81. The van der Waals surface area contributed by atoms with Crippen molar-refractivity contribution < 1.29 is 5.11 Å². The fourth-order valence-electron chi connectivity index (χ4n) is 1.06. The fraction of sp³-hybridized carbons (Fsp3) is 0.273. The zero-order valence-corrected chi connectivity index (χ0v) is 8.38. The summed E-state index contributed by atoms with van der Waals surface area (Å²) in [7, 11) is 0. The number of aliphatic hydroxyl groups excluding tert-OH is 1. The minimum Gasteiger partial charge on any atom is -0.388 e. The van der Waals surface area contributed by atoms with Gasteiger partial charge in [-0.05, 0) is 24.6 Å². The molecule has 0 bridgehead atoms. The summed E-state index contributed by atoms with van der Waals surface area (Å²) in [5.74, 6) is 0. The van der Waals surface area contributed by atoms with Crippen LogP contribution < -0.4 is 0 Å². The Balaban J connectivity index is 2.69. The van der Waals surface area contributed by atoms with Crippen LogP contribution in [0.2, 0.25) is 5.02 Å². The first-order chi connectivity index (χ1) is 6.09. The first-order valence-electron chi connectivity index (χ1n) is 4.17. The molecule has 0 fully saturated rings. The topological polar surface area (TPSA) is 20.2 Å². The van der Waals surface area contributed by atoms with Crippen LogP contribution >= 0.6 is 11.6 Å². The van der Waals surface area contributed by atoms with Crippen LogP contribution in [0.15, 0.2) is 36.4 Å². The average Bonchev–Trinajstić information content (AvgIpc) is 2.04. The van der Waals surface area contributed by atoms with E-state index in [1.165, 1.54) is 0 Å². The lowest BCUT2D eigenvalue weighted by atomic mass is 10.0. The van der Waals surface area contributed by atoms with Gasteiger partial charge < -0.3 is 5.11 Å². The third kappa shape index (κ3) is 3.21. The largest absolute Gasteiger partial charge is 0.388 e. The molecule has 0 aromatic heterocycles. The smallest absolute Gasteiger partial charge is 0.0785 e. The van der Waals surface area contributed by atoms with Gasteiger partial charge in [-0.3, -0.25) is 0 Å². The van der Waals surface area contributed by atoms with Gasteiger partial charge in [0.15, 0.2) is 0 Å². The predicted octanol–water partition coefficient (Wildman–Crippen LogP) is 2.82. The Morgan fingerprint density at radius 1 is 1.62 bits per heavy atom. The van der Waals surface area contributed by atoms with Gasteiger partial charge in [0.25, 0.3) is 0 Å². The number of hydrogen-bond acceptors (Lipinski definition) is 1. The second kappa shape index (κ2) is 4.45. The van der Waals surface area contributed by atoms with Crippen molar-refractivity contribution in [3.05, 3.63) is 47.0 Å². The number of aliphatic hydroxyl groups is 1. The minimum atomic E-state index is -0.474. The summed E-state index contributed by atoms with van der Waals surface area (Å²) < 4.78 is 0. The summed E-state index contributed by atoms with van der Waals surface area (Å²) in [5, 5.41) is 10.2. The molecule has 1 unspecified atom stereocenters. The average molecular weight is 197 g/mol. The van der Waals surface area contributed by atoms with Gasteiger partial charge in [-0.25, -0.2) is 0 Å². The van der Waals surface area contributed by atoms with E-state index in [-0.39, 0.29) is 0 Å². The molecular weight excluding hydrogens is 184 g/mol. The third-order valence-corrected chi connectivity index (χ3v) is 2.12. The number of benzene rings is 1. The van der Waals surface area contributed by atoms with E-state index in [9.17, 15) is 5.11 Å². The maximum Gasteiger partial charge on any atom is 0.0785 e. The molecule has 0 aliphatic carbocycles. The first-order valence-corrected chi connectivity index (χ1v) is 4.55. The van der Waals surface area contributed by atoms with Crippen molar-refractivity contribution >= 4 is 11.6 Å². The van der Waals surface area contributed by atoms with Crippen molar-refractivity contribution in [3.8, 4) is 0 Å². The number of hydrogen-bond donors (Lipinski definition) is 1. The van der Waals surface area contributed by atoms with Crippen LogP contribution in [0.5, 0.6) is 0 Å². The van der Waals surface area contributed by atoms with Crippen LogP contribution in [-0.4, -0.2) is 11.2 Å². The molecule has 0 aliphatic rings. The van der Waals surface area contributed by atoms with Crippen LogP contribution in [-0.2, 0) is 6.42 Å². The highest BCUT2D eigenvalue weighted by Gasteiger charge is 2.05. The second-order valence-corrected chi connectivity index (χ2v) is 3.63. The molecule has 0 saturated carbocycles. The molecule has 1 rings (SSSR count). The summed E-state index contributed by atoms with van der Waals surface area (Å²) >= 11 is 5.80. The number of halogens is 1. The highest BCUT2D eigenvalue weighted by molar-refractivity contribution is 6.30. The molecule has 0 radical (unpaired) electrons. The Morgan fingerprint density at radius 2 is 2.31 bits per heavy atom. The van der Waals surface area contributed by atoms with Gasteiger partial charge >= 0.3 is 0 Å². The van der Waals surface area contributed by atoms with E-state index < -0.39 is 6.10 Å². The van der Waals surface area contributed by atoms with Gasteiger partial charge in [0.2, 0.25) is 0 Å². The SMILES string of the molecule is C=C(C)C(O)Cc1cccc(Cl)c1. The van der Waals surface area contributed by atoms with Gasteiger partial charge in [0.1, 0.15) is 0 Å². The lowest BCUT2D eigenvalue weighted by Gasteiger charge is -2.09. The van der Waals surface area contributed by atoms with E-state index in [0.717, 1.165) is 11.1 Å². The highest BCUT2D eigenvalue weighted by Crippen LogP contribution is 2.14. The molecule has 1 aromatic rings. The molecule has 13 heavy (non-hydrogen) atoms. The van der Waals surface area contributed by atoms with Gasteiger partial charge in [-0.15, -0.1) is 0 Å². The molecule has 0 heterocycles. The summed E-state index contributed by atoms with van der Waals surface area (Å²) in [4.78, 5) is 0. The Morgan fingerprint density at radius 3 is 2.85 bits per heavy atom. The lowest BCUT2D eigenvalue weighted by Crippen LogP contribution is -2.10. The Labute approximate surface area is 83.7 Å². The predicted molar refractivity (Wildman–Crippen MR) is 56.0 cm³/mol. The van der Waals surface area contributed by atoms with Crippen molar-refractivity contribution in [3.63, 3.8) is 0 Å². The number of rotatable bonds is 3. The third-order valence-electron chi connectivity index (χ3n) is 1.89.